The third-order valence-electron chi connectivity index (χ3n) is 3.80. The summed E-state index contributed by atoms with van der Waals surface area (Å²) in [5, 5.41) is 10.9. The van der Waals surface area contributed by atoms with Crippen LogP contribution in [0.25, 0.3) is 0 Å². The summed E-state index contributed by atoms with van der Waals surface area (Å²) in [5.41, 5.74) is 1.34. The van der Waals surface area contributed by atoms with E-state index in [1.54, 1.807) is 6.20 Å². The molecule has 6 nitrogen and oxygen atoms in total. The van der Waals surface area contributed by atoms with Crippen molar-refractivity contribution in [1.82, 2.24) is 25.3 Å². The Balaban J connectivity index is 0.00000338. The molecule has 0 atom stereocenters. The number of rotatable bonds is 10. The summed E-state index contributed by atoms with van der Waals surface area (Å²) in [6.45, 7) is 7.43. The summed E-state index contributed by atoms with van der Waals surface area (Å²) >= 11 is 0. The van der Waals surface area contributed by atoms with E-state index < -0.39 is 0 Å². The van der Waals surface area contributed by atoms with Gasteiger partial charge in [0.15, 0.2) is 5.96 Å². The SMILES string of the molecule is CCNC(=NCCCn1cccn1)NCCN(C)Cc1ccccc1.I. The molecule has 0 saturated heterocycles. The zero-order valence-corrected chi connectivity index (χ0v) is 18.1. The van der Waals surface area contributed by atoms with Crippen molar-refractivity contribution < 1.29 is 0 Å². The average molecular weight is 470 g/mol. The standard InChI is InChI=1S/C19H30N6.HI/c1-3-20-19(21-11-7-14-25-15-8-12-23-25)22-13-16-24(2)17-18-9-5-4-6-10-18;/h4-6,8-10,12,15H,3,7,11,13-14,16-17H2,1-2H3,(H2,20,21,22);1H. The molecular formula is C19H31IN6. The lowest BCUT2D eigenvalue weighted by molar-refractivity contribution is 0.331. The Kier molecular flexibility index (Phi) is 11.7. The molecule has 26 heavy (non-hydrogen) atoms. The highest BCUT2D eigenvalue weighted by atomic mass is 127. The maximum atomic E-state index is 4.63. The molecular weight excluding hydrogens is 439 g/mol. The molecule has 0 bridgehead atoms. The van der Waals surface area contributed by atoms with E-state index in [1.165, 1.54) is 5.56 Å². The topological polar surface area (TPSA) is 57.5 Å². The molecule has 0 unspecified atom stereocenters. The van der Waals surface area contributed by atoms with E-state index in [1.807, 2.05) is 16.9 Å². The van der Waals surface area contributed by atoms with Crippen LogP contribution < -0.4 is 10.6 Å². The maximum absolute atomic E-state index is 4.63. The molecule has 0 amide bonds. The Morgan fingerprint density at radius 3 is 2.69 bits per heavy atom. The number of aryl methyl sites for hydroxylation is 1. The first-order valence-corrected chi connectivity index (χ1v) is 9.00. The fourth-order valence-electron chi connectivity index (χ4n) is 2.54. The number of hydrogen-bond donors (Lipinski definition) is 2. The van der Waals surface area contributed by atoms with Crippen LogP contribution in [0.1, 0.15) is 18.9 Å². The van der Waals surface area contributed by atoms with Crippen molar-refractivity contribution in [2.45, 2.75) is 26.4 Å². The van der Waals surface area contributed by atoms with Gasteiger partial charge in [-0.1, -0.05) is 30.3 Å². The number of nitrogens with one attached hydrogen (secondary N) is 2. The number of aromatic nitrogens is 2. The molecule has 1 aromatic heterocycles. The summed E-state index contributed by atoms with van der Waals surface area (Å²) in [6.07, 6.45) is 4.77. The number of benzene rings is 1. The quantitative estimate of drug-likeness (QED) is 0.243. The lowest BCUT2D eigenvalue weighted by Crippen LogP contribution is -2.41. The van der Waals surface area contributed by atoms with Crippen LogP contribution in [0.5, 0.6) is 0 Å². The largest absolute Gasteiger partial charge is 0.357 e. The van der Waals surface area contributed by atoms with Gasteiger partial charge in [-0.2, -0.15) is 5.10 Å². The molecule has 0 saturated carbocycles. The molecule has 0 aliphatic carbocycles. The van der Waals surface area contributed by atoms with Crippen molar-refractivity contribution in [2.75, 3.05) is 33.2 Å². The van der Waals surface area contributed by atoms with E-state index in [0.29, 0.717) is 0 Å². The van der Waals surface area contributed by atoms with Crippen LogP contribution in [0.4, 0.5) is 0 Å². The summed E-state index contributed by atoms with van der Waals surface area (Å²) in [7, 11) is 2.14. The van der Waals surface area contributed by atoms with Gasteiger partial charge in [0.1, 0.15) is 0 Å². The van der Waals surface area contributed by atoms with Crippen molar-refractivity contribution in [3.05, 3.63) is 54.4 Å². The van der Waals surface area contributed by atoms with Gasteiger partial charge in [-0.05, 0) is 32.0 Å². The molecule has 0 spiro atoms. The highest BCUT2D eigenvalue weighted by Crippen LogP contribution is 2.01. The van der Waals surface area contributed by atoms with Gasteiger partial charge in [0.25, 0.3) is 0 Å². The van der Waals surface area contributed by atoms with Gasteiger partial charge in [0, 0.05) is 51.7 Å². The smallest absolute Gasteiger partial charge is 0.191 e. The molecule has 0 aliphatic rings. The van der Waals surface area contributed by atoms with Crippen LogP contribution in [-0.2, 0) is 13.1 Å². The maximum Gasteiger partial charge on any atom is 0.191 e. The zero-order valence-electron chi connectivity index (χ0n) is 15.8. The number of guanidine groups is 1. The molecule has 0 fully saturated rings. The monoisotopic (exact) mass is 470 g/mol. The highest BCUT2D eigenvalue weighted by Gasteiger charge is 2.01. The van der Waals surface area contributed by atoms with Crippen molar-refractivity contribution in [2.24, 2.45) is 4.99 Å². The minimum absolute atomic E-state index is 0. The molecule has 2 rings (SSSR count). The van der Waals surface area contributed by atoms with E-state index in [9.17, 15) is 0 Å². The fourth-order valence-corrected chi connectivity index (χ4v) is 2.54. The first-order valence-electron chi connectivity index (χ1n) is 9.00. The van der Waals surface area contributed by atoms with Gasteiger partial charge in [-0.3, -0.25) is 9.67 Å². The Hall–Kier alpha value is -1.61. The summed E-state index contributed by atoms with van der Waals surface area (Å²) in [6, 6.07) is 12.5. The zero-order chi connectivity index (χ0) is 17.7. The van der Waals surface area contributed by atoms with E-state index in [-0.39, 0.29) is 24.0 Å². The molecule has 0 radical (unpaired) electrons. The van der Waals surface area contributed by atoms with Crippen LogP contribution in [-0.4, -0.2) is 53.9 Å². The van der Waals surface area contributed by atoms with Crippen molar-refractivity contribution in [3.8, 4) is 0 Å². The van der Waals surface area contributed by atoms with Gasteiger partial charge in [-0.15, -0.1) is 24.0 Å². The Morgan fingerprint density at radius 1 is 1.19 bits per heavy atom. The predicted octanol–water partition coefficient (Wildman–Crippen LogP) is 2.58. The van der Waals surface area contributed by atoms with E-state index in [0.717, 1.165) is 51.6 Å². The third-order valence-corrected chi connectivity index (χ3v) is 3.80. The van der Waals surface area contributed by atoms with E-state index in [4.69, 9.17) is 0 Å². The lowest BCUT2D eigenvalue weighted by atomic mass is 10.2. The average Bonchev–Trinajstić information content (AvgIpc) is 3.13. The first kappa shape index (κ1) is 22.4. The molecule has 144 valence electrons. The molecule has 1 aromatic carbocycles. The van der Waals surface area contributed by atoms with E-state index in [2.05, 4.69) is 69.9 Å². The van der Waals surface area contributed by atoms with E-state index >= 15 is 0 Å². The number of aliphatic imine (C=N–C) groups is 1. The van der Waals surface area contributed by atoms with Gasteiger partial charge < -0.3 is 15.5 Å². The summed E-state index contributed by atoms with van der Waals surface area (Å²) in [4.78, 5) is 6.94. The second-order valence-corrected chi connectivity index (χ2v) is 6.03. The fraction of sp³-hybridized carbons (Fsp3) is 0.474. The molecule has 1 heterocycles. The van der Waals surface area contributed by atoms with Crippen molar-refractivity contribution in [3.63, 3.8) is 0 Å². The second kappa shape index (κ2) is 13.6. The Morgan fingerprint density at radius 2 is 2.00 bits per heavy atom. The Bertz CT molecular complexity index is 600. The highest BCUT2D eigenvalue weighted by molar-refractivity contribution is 14.0. The number of nitrogens with zero attached hydrogens (tertiary/aromatic N) is 4. The van der Waals surface area contributed by atoms with Crippen molar-refractivity contribution >= 4 is 29.9 Å². The normalized spacial score (nSPS) is 11.3. The number of likely N-dealkylation sites (N-methyl/N-ethyl adjacent to an activating group) is 1. The van der Waals surface area contributed by atoms with Gasteiger partial charge >= 0.3 is 0 Å². The summed E-state index contributed by atoms with van der Waals surface area (Å²) < 4.78 is 1.94. The van der Waals surface area contributed by atoms with Gasteiger partial charge in [0.05, 0.1) is 0 Å². The van der Waals surface area contributed by atoms with Gasteiger partial charge in [0.2, 0.25) is 0 Å². The summed E-state index contributed by atoms with van der Waals surface area (Å²) in [5.74, 6) is 0.885. The minimum Gasteiger partial charge on any atom is -0.357 e. The molecule has 2 aromatic rings. The molecule has 0 aliphatic heterocycles. The minimum atomic E-state index is 0. The van der Waals surface area contributed by atoms with Crippen LogP contribution in [0.2, 0.25) is 0 Å². The molecule has 7 heteroatoms. The van der Waals surface area contributed by atoms with Crippen LogP contribution >= 0.6 is 24.0 Å². The molecule has 2 N–H and O–H groups in total. The first-order chi connectivity index (χ1) is 12.3. The van der Waals surface area contributed by atoms with Gasteiger partial charge in [-0.25, -0.2) is 0 Å². The van der Waals surface area contributed by atoms with Crippen LogP contribution in [0, 0.1) is 0 Å². The second-order valence-electron chi connectivity index (χ2n) is 6.03. The number of hydrogen-bond acceptors (Lipinski definition) is 3. The van der Waals surface area contributed by atoms with Crippen molar-refractivity contribution in [1.29, 1.82) is 0 Å². The Labute approximate surface area is 174 Å². The van der Waals surface area contributed by atoms with Crippen LogP contribution in [0.3, 0.4) is 0 Å². The number of halogens is 1. The third kappa shape index (κ3) is 9.19. The predicted molar refractivity (Wildman–Crippen MR) is 119 cm³/mol. The lowest BCUT2D eigenvalue weighted by Gasteiger charge is -2.18. The van der Waals surface area contributed by atoms with Crippen LogP contribution in [0.15, 0.2) is 53.8 Å².